The van der Waals surface area contributed by atoms with Gasteiger partial charge in [-0.1, -0.05) is 0 Å². The molecule has 2 aromatic rings. The molecule has 8 heteroatoms. The van der Waals surface area contributed by atoms with Crippen LogP contribution in [0.25, 0.3) is 11.0 Å². The van der Waals surface area contributed by atoms with E-state index in [0.29, 0.717) is 29.8 Å². The highest BCUT2D eigenvalue weighted by atomic mass is 32.1. The molecule has 2 heterocycles. The van der Waals surface area contributed by atoms with Gasteiger partial charge in [-0.25, -0.2) is 4.79 Å². The number of fused-ring (bicyclic) bond motifs is 1. The van der Waals surface area contributed by atoms with Crippen LogP contribution >= 0.6 is 25.3 Å². The lowest BCUT2D eigenvalue weighted by Crippen LogP contribution is -2.35. The minimum Gasteiger partial charge on any atom is -0.291 e. The number of aryl methyl sites for hydroxylation is 1. The minimum absolute atomic E-state index is 0.0595. The molecule has 0 amide bonds. The third-order valence-electron chi connectivity index (χ3n) is 2.78. The normalized spacial score (nSPS) is 13.1. The Morgan fingerprint density at radius 3 is 2.89 bits per heavy atom. The van der Waals surface area contributed by atoms with E-state index in [-0.39, 0.29) is 10.8 Å². The van der Waals surface area contributed by atoms with Gasteiger partial charge in [0, 0.05) is 24.6 Å². The summed E-state index contributed by atoms with van der Waals surface area (Å²) >= 11 is 8.40. The van der Waals surface area contributed by atoms with E-state index in [1.807, 2.05) is 0 Å². The van der Waals surface area contributed by atoms with Gasteiger partial charge >= 0.3 is 5.69 Å². The van der Waals surface area contributed by atoms with Gasteiger partial charge in [0.25, 0.3) is 5.56 Å². The van der Waals surface area contributed by atoms with Gasteiger partial charge in [-0.05, 0) is 6.42 Å². The van der Waals surface area contributed by atoms with E-state index >= 15 is 0 Å². The van der Waals surface area contributed by atoms with E-state index in [0.717, 1.165) is 0 Å². The molecule has 0 aliphatic heterocycles. The minimum atomic E-state index is -0.421. The summed E-state index contributed by atoms with van der Waals surface area (Å²) in [5, 5.41) is 4.43. The molecule has 0 saturated carbocycles. The predicted molar refractivity (Wildman–Crippen MR) is 76.8 cm³/mol. The Hall–Kier alpha value is -1.15. The predicted octanol–water partition coefficient (Wildman–Crippen LogP) is 0.0416. The zero-order valence-electron chi connectivity index (χ0n) is 9.83. The molecule has 1 atom stereocenters. The average molecular weight is 286 g/mol. The number of H-pyrrole nitrogens is 1. The number of aromatic nitrogens is 4. The van der Waals surface area contributed by atoms with Crippen molar-refractivity contribution >= 4 is 36.3 Å². The van der Waals surface area contributed by atoms with Crippen LogP contribution in [0.15, 0.2) is 15.8 Å². The second-order valence-electron chi connectivity index (χ2n) is 4.04. The number of nitrogens with one attached hydrogen (secondary N) is 1. The highest BCUT2D eigenvalue weighted by molar-refractivity contribution is 7.84. The van der Waals surface area contributed by atoms with Gasteiger partial charge in [0.15, 0.2) is 0 Å². The van der Waals surface area contributed by atoms with Crippen LogP contribution in [0.1, 0.15) is 6.42 Å². The molecule has 0 aliphatic rings. The molecule has 2 aromatic heterocycles. The van der Waals surface area contributed by atoms with E-state index in [4.69, 9.17) is 0 Å². The molecule has 0 bridgehead atoms. The lowest BCUT2D eigenvalue weighted by molar-refractivity contribution is 0.597. The molecule has 1 unspecified atom stereocenters. The molecule has 0 radical (unpaired) electrons. The number of hydrogen-bond donors (Lipinski definition) is 3. The maximum absolute atomic E-state index is 12.1. The molecule has 0 aliphatic carbocycles. The van der Waals surface area contributed by atoms with Crippen LogP contribution in [0.2, 0.25) is 0 Å². The van der Waals surface area contributed by atoms with Crippen molar-refractivity contribution in [3.8, 4) is 0 Å². The molecule has 18 heavy (non-hydrogen) atoms. The number of rotatable bonds is 4. The second-order valence-corrected chi connectivity index (χ2v) is 5.14. The summed E-state index contributed by atoms with van der Waals surface area (Å²) in [6, 6.07) is 0. The molecule has 2 rings (SSSR count). The highest BCUT2D eigenvalue weighted by Crippen LogP contribution is 2.05. The van der Waals surface area contributed by atoms with Gasteiger partial charge in [0.1, 0.15) is 11.0 Å². The fourth-order valence-corrected chi connectivity index (χ4v) is 2.02. The summed E-state index contributed by atoms with van der Waals surface area (Å²) in [6.07, 6.45) is 2.07. The van der Waals surface area contributed by atoms with E-state index in [9.17, 15) is 9.59 Å². The molecule has 0 saturated heterocycles. The summed E-state index contributed by atoms with van der Waals surface area (Å²) in [5.74, 6) is 0.602. The first kappa shape index (κ1) is 13.3. The number of nitrogens with zero attached hydrogens (tertiary/aromatic N) is 3. The van der Waals surface area contributed by atoms with Gasteiger partial charge in [0.05, 0.1) is 6.20 Å². The molecule has 0 fully saturated rings. The van der Waals surface area contributed by atoms with E-state index in [1.54, 1.807) is 7.05 Å². The Morgan fingerprint density at radius 2 is 2.22 bits per heavy atom. The van der Waals surface area contributed by atoms with Crippen molar-refractivity contribution in [1.82, 2.24) is 19.3 Å². The zero-order chi connectivity index (χ0) is 13.3. The van der Waals surface area contributed by atoms with E-state index < -0.39 is 5.69 Å². The van der Waals surface area contributed by atoms with Crippen LogP contribution in [-0.2, 0) is 13.6 Å². The Balaban J connectivity index is 2.45. The Labute approximate surface area is 114 Å². The third kappa shape index (κ3) is 2.35. The van der Waals surface area contributed by atoms with Crippen LogP contribution in [0, 0.1) is 0 Å². The number of hydrogen-bond acceptors (Lipinski definition) is 5. The molecule has 1 N–H and O–H groups in total. The van der Waals surface area contributed by atoms with Crippen molar-refractivity contribution in [3.63, 3.8) is 0 Å². The first-order chi connectivity index (χ1) is 8.54. The van der Waals surface area contributed by atoms with E-state index in [1.165, 1.54) is 15.4 Å². The molecular weight excluding hydrogens is 272 g/mol. The van der Waals surface area contributed by atoms with Crippen molar-refractivity contribution in [2.24, 2.45) is 7.05 Å². The monoisotopic (exact) mass is 286 g/mol. The van der Waals surface area contributed by atoms with Gasteiger partial charge in [-0.2, -0.15) is 30.4 Å². The molecule has 6 nitrogen and oxygen atoms in total. The summed E-state index contributed by atoms with van der Waals surface area (Å²) in [6.45, 7) is 0.327. The number of aromatic amines is 1. The molecule has 0 spiro atoms. The van der Waals surface area contributed by atoms with E-state index in [2.05, 4.69) is 35.3 Å². The Morgan fingerprint density at radius 1 is 1.50 bits per heavy atom. The van der Waals surface area contributed by atoms with Crippen molar-refractivity contribution in [3.05, 3.63) is 27.0 Å². The summed E-state index contributed by atoms with van der Waals surface area (Å²) < 4.78 is 2.65. The van der Waals surface area contributed by atoms with Crippen molar-refractivity contribution in [1.29, 1.82) is 0 Å². The van der Waals surface area contributed by atoms with Crippen molar-refractivity contribution in [2.75, 3.05) is 5.75 Å². The van der Waals surface area contributed by atoms with Crippen molar-refractivity contribution < 1.29 is 0 Å². The molecule has 0 aromatic carbocycles. The largest absolute Gasteiger partial charge is 0.329 e. The summed E-state index contributed by atoms with van der Waals surface area (Å²) in [5.41, 5.74) is -0.296. The Bertz CT molecular complexity index is 673. The molecular formula is C10H14N4O2S2. The smallest absolute Gasteiger partial charge is 0.291 e. The van der Waals surface area contributed by atoms with Gasteiger partial charge < -0.3 is 0 Å². The van der Waals surface area contributed by atoms with Crippen LogP contribution in [0.3, 0.4) is 0 Å². The standard InChI is InChI=1S/C10H14N4O2S2/c1-13-8-7(4-11-13)9(15)14(10(16)12-8)3-2-6(18)5-17/h4,6,17-18H,2-3,5H2,1H3,(H,12,16). The average Bonchev–Trinajstić information content (AvgIpc) is 2.70. The van der Waals surface area contributed by atoms with Crippen LogP contribution in [0.4, 0.5) is 0 Å². The van der Waals surface area contributed by atoms with Gasteiger partial charge in [-0.15, -0.1) is 0 Å². The third-order valence-corrected chi connectivity index (χ3v) is 3.95. The van der Waals surface area contributed by atoms with Gasteiger partial charge in [0.2, 0.25) is 0 Å². The SMILES string of the molecule is Cn1ncc2c(=O)n(CCC(S)CS)c(=O)[nH]c21. The maximum Gasteiger partial charge on any atom is 0.329 e. The summed E-state index contributed by atoms with van der Waals surface area (Å²) in [7, 11) is 1.67. The first-order valence-electron chi connectivity index (χ1n) is 5.48. The highest BCUT2D eigenvalue weighted by Gasteiger charge is 2.11. The van der Waals surface area contributed by atoms with Crippen molar-refractivity contribution in [2.45, 2.75) is 18.2 Å². The lowest BCUT2D eigenvalue weighted by Gasteiger charge is -2.08. The lowest BCUT2D eigenvalue weighted by atomic mass is 10.3. The first-order valence-corrected chi connectivity index (χ1v) is 6.63. The second kappa shape index (κ2) is 5.23. The fourth-order valence-electron chi connectivity index (χ4n) is 1.72. The van der Waals surface area contributed by atoms with Crippen LogP contribution in [-0.4, -0.2) is 30.3 Å². The quantitative estimate of drug-likeness (QED) is 0.695. The Kier molecular flexibility index (Phi) is 3.86. The van der Waals surface area contributed by atoms with Crippen LogP contribution in [0.5, 0.6) is 0 Å². The topological polar surface area (TPSA) is 72.7 Å². The van der Waals surface area contributed by atoms with Crippen LogP contribution < -0.4 is 11.2 Å². The molecule has 98 valence electrons. The van der Waals surface area contributed by atoms with Gasteiger partial charge in [-0.3, -0.25) is 19.0 Å². The zero-order valence-corrected chi connectivity index (χ0v) is 11.6. The number of thiol groups is 2. The fraction of sp³-hybridized carbons (Fsp3) is 0.500. The summed E-state index contributed by atoms with van der Waals surface area (Å²) in [4.78, 5) is 26.6. The maximum atomic E-state index is 12.1.